The van der Waals surface area contributed by atoms with E-state index in [9.17, 15) is 0 Å². The van der Waals surface area contributed by atoms with Crippen LogP contribution in [0, 0.1) is 40.5 Å². The van der Waals surface area contributed by atoms with E-state index in [-0.39, 0.29) is 10.8 Å². The first-order valence-electron chi connectivity index (χ1n) is 29.4. The van der Waals surface area contributed by atoms with Crippen molar-refractivity contribution in [3.8, 4) is 33.4 Å². The highest BCUT2D eigenvalue weighted by atomic mass is 14.4. The van der Waals surface area contributed by atoms with Gasteiger partial charge in [-0.3, -0.25) is 0 Å². The van der Waals surface area contributed by atoms with Crippen molar-refractivity contribution in [3.05, 3.63) is 334 Å². The summed E-state index contributed by atoms with van der Waals surface area (Å²) in [4.78, 5) is 0. The van der Waals surface area contributed by atoms with Gasteiger partial charge in [0, 0.05) is 16.7 Å². The van der Waals surface area contributed by atoms with Crippen LogP contribution in [0.2, 0.25) is 0 Å². The van der Waals surface area contributed by atoms with Crippen molar-refractivity contribution in [1.29, 1.82) is 0 Å². The van der Waals surface area contributed by atoms with E-state index in [0.29, 0.717) is 5.92 Å². The third kappa shape index (κ3) is 12.9. The van der Waals surface area contributed by atoms with E-state index >= 15 is 0 Å². The topological polar surface area (TPSA) is 0 Å². The van der Waals surface area contributed by atoms with Crippen molar-refractivity contribution in [2.45, 2.75) is 101 Å². The number of hydrogen-bond acceptors (Lipinski definition) is 0. The van der Waals surface area contributed by atoms with E-state index in [4.69, 9.17) is 0 Å². The van der Waals surface area contributed by atoms with Crippen molar-refractivity contribution in [1.82, 2.24) is 0 Å². The summed E-state index contributed by atoms with van der Waals surface area (Å²) in [6.07, 6.45) is 17.6. The Morgan fingerprint density at radius 1 is 0.439 bits per heavy atom. The van der Waals surface area contributed by atoms with Crippen molar-refractivity contribution in [3.63, 3.8) is 0 Å². The predicted molar refractivity (Wildman–Crippen MR) is 361 cm³/mol. The van der Waals surface area contributed by atoms with E-state index in [2.05, 4.69) is 319 Å². The number of benzene rings is 9. The molecular formula is C82H84. The van der Waals surface area contributed by atoms with Gasteiger partial charge in [0.1, 0.15) is 0 Å². The molecule has 0 saturated heterocycles. The van der Waals surface area contributed by atoms with Crippen LogP contribution < -0.4 is 0 Å². The van der Waals surface area contributed by atoms with E-state index in [1.807, 2.05) is 32.1 Å². The Morgan fingerprint density at radius 2 is 0.927 bits per heavy atom. The Bertz CT molecular complexity index is 3780. The Balaban J connectivity index is 0.000000135. The maximum Gasteiger partial charge on any atom is 0.0281 e. The second-order valence-electron chi connectivity index (χ2n) is 22.8. The van der Waals surface area contributed by atoms with E-state index in [1.54, 1.807) is 0 Å². The number of hydrogen-bond donors (Lipinski definition) is 0. The molecule has 0 spiro atoms. The van der Waals surface area contributed by atoms with Crippen LogP contribution in [0.1, 0.15) is 111 Å². The highest BCUT2D eigenvalue weighted by Gasteiger charge is 2.36. The SMILES string of the molecule is C=CC1=C(/C=C\C)c2ccccc2C1(C)C.CC.CC1=C2C=CC=C(c3cccc4c(C)ccc(C)c34)C2C=C1.Cc1ccc(-c2ccccc2)cc1.Cc1ccc(-c2ccccc2)cc1.Cc1ccc2c(c1)C(C)(C)c1ccccc1-2. The van der Waals surface area contributed by atoms with Crippen LogP contribution in [0.3, 0.4) is 0 Å². The Hall–Kier alpha value is -8.58. The van der Waals surface area contributed by atoms with Crippen LogP contribution in [0.5, 0.6) is 0 Å². The van der Waals surface area contributed by atoms with Crippen LogP contribution in [0.25, 0.3) is 55.3 Å². The van der Waals surface area contributed by atoms with Crippen LogP contribution in [-0.4, -0.2) is 0 Å². The molecular weight excluding hydrogens is 985 g/mol. The molecule has 0 aromatic heterocycles. The molecule has 0 heterocycles. The molecule has 0 N–H and O–H groups in total. The molecule has 0 bridgehead atoms. The van der Waals surface area contributed by atoms with Gasteiger partial charge < -0.3 is 0 Å². The molecule has 0 radical (unpaired) electrons. The molecule has 13 rings (SSSR count). The summed E-state index contributed by atoms with van der Waals surface area (Å²) in [6, 6.07) is 73.4. The van der Waals surface area contributed by atoms with Gasteiger partial charge in [0.2, 0.25) is 0 Å². The average Bonchev–Trinajstić information content (AvgIpc) is 2.92. The van der Waals surface area contributed by atoms with Gasteiger partial charge in [-0.1, -0.05) is 320 Å². The Kier molecular flexibility index (Phi) is 19.5. The normalized spacial score (nSPS) is 15.1. The summed E-state index contributed by atoms with van der Waals surface area (Å²) in [5, 5.41) is 2.78. The Labute approximate surface area is 493 Å². The fraction of sp³-hybridized carbons (Fsp3) is 0.195. The third-order valence-corrected chi connectivity index (χ3v) is 16.4. The summed E-state index contributed by atoms with van der Waals surface area (Å²) < 4.78 is 0. The molecule has 412 valence electrons. The van der Waals surface area contributed by atoms with Gasteiger partial charge in [-0.2, -0.15) is 0 Å². The third-order valence-electron chi connectivity index (χ3n) is 16.4. The lowest BCUT2D eigenvalue weighted by Gasteiger charge is -2.22. The zero-order valence-corrected chi connectivity index (χ0v) is 51.0. The van der Waals surface area contributed by atoms with Crippen LogP contribution in [0.4, 0.5) is 0 Å². The maximum absolute atomic E-state index is 3.96. The van der Waals surface area contributed by atoms with Gasteiger partial charge in [0.15, 0.2) is 0 Å². The molecule has 0 nitrogen and oxygen atoms in total. The predicted octanol–water partition coefficient (Wildman–Crippen LogP) is 23.1. The number of fused-ring (bicyclic) bond motifs is 6. The average molecular weight is 1070 g/mol. The summed E-state index contributed by atoms with van der Waals surface area (Å²) >= 11 is 0. The fourth-order valence-electron chi connectivity index (χ4n) is 12.0. The summed E-state index contributed by atoms with van der Waals surface area (Å²) in [7, 11) is 0. The first-order valence-corrected chi connectivity index (χ1v) is 29.4. The molecule has 1 atom stereocenters. The minimum absolute atomic E-state index is 0.0766. The quantitative estimate of drug-likeness (QED) is 0.161. The second-order valence-corrected chi connectivity index (χ2v) is 22.8. The van der Waals surface area contributed by atoms with Crippen LogP contribution in [-0.2, 0) is 10.8 Å². The molecule has 1 unspecified atom stereocenters. The minimum Gasteiger partial charge on any atom is -0.0987 e. The summed E-state index contributed by atoms with van der Waals surface area (Å²) in [5.41, 5.74) is 28.8. The number of rotatable bonds is 5. The zero-order chi connectivity index (χ0) is 58.6. The fourth-order valence-corrected chi connectivity index (χ4v) is 12.0. The Morgan fingerprint density at radius 3 is 1.50 bits per heavy atom. The van der Waals surface area contributed by atoms with Crippen molar-refractivity contribution in [2.24, 2.45) is 5.92 Å². The van der Waals surface area contributed by atoms with Crippen LogP contribution in [0.15, 0.2) is 278 Å². The molecule has 4 aliphatic carbocycles. The van der Waals surface area contributed by atoms with Crippen molar-refractivity contribution < 1.29 is 0 Å². The van der Waals surface area contributed by atoms with Gasteiger partial charge in [-0.25, -0.2) is 0 Å². The lowest BCUT2D eigenvalue weighted by atomic mass is 9.81. The molecule has 0 fully saturated rings. The molecule has 0 aliphatic heterocycles. The molecule has 0 saturated carbocycles. The zero-order valence-electron chi connectivity index (χ0n) is 51.0. The number of allylic oxidation sites excluding steroid dienone is 13. The highest BCUT2D eigenvalue weighted by Crippen LogP contribution is 2.49. The van der Waals surface area contributed by atoms with Gasteiger partial charge >= 0.3 is 0 Å². The second kappa shape index (κ2) is 26.8. The molecule has 0 amide bonds. The van der Waals surface area contributed by atoms with Gasteiger partial charge in [0.05, 0.1) is 0 Å². The van der Waals surface area contributed by atoms with E-state index < -0.39 is 0 Å². The van der Waals surface area contributed by atoms with Crippen molar-refractivity contribution >= 4 is 21.9 Å². The van der Waals surface area contributed by atoms with Crippen LogP contribution >= 0.6 is 0 Å². The standard InChI is InChI=1S/C22H20.C16H16.C16H18.2C13H12.C2H6/c1-14-12-13-20-17(14)6-4-8-19(20)21-9-5-7-18-15(2)10-11-16(3)22(18)21;1-11-8-9-13-12-6-4-5-7-14(12)16(2,3)15(13)10-11;1-5-9-12-13-10-7-8-11-15(13)16(3,4)14(12)6-2;2*1-11-7-9-13(10-8-11)12-5-3-2-4-6-12;1-2/h4-13,20H,1-3H3;4-10H,1-3H3;5-11H,2H2,1,3-4H3;2*2-10H,1H3;1-2H3/b;;9-5-;;;. The largest absolute Gasteiger partial charge is 0.0987 e. The lowest BCUT2D eigenvalue weighted by molar-refractivity contribution is 0.654. The monoisotopic (exact) mass is 1070 g/mol. The summed E-state index contributed by atoms with van der Waals surface area (Å²) in [5.74, 6) is 0.413. The number of aryl methyl sites for hydroxylation is 5. The smallest absolute Gasteiger partial charge is 0.0281 e. The lowest BCUT2D eigenvalue weighted by Crippen LogP contribution is -2.15. The van der Waals surface area contributed by atoms with E-state index in [0.717, 1.165) is 0 Å². The summed E-state index contributed by atoms with van der Waals surface area (Å²) in [6.45, 7) is 32.2. The first kappa shape index (κ1) is 59.5. The molecule has 0 heteroatoms. The molecule has 9 aromatic carbocycles. The van der Waals surface area contributed by atoms with Crippen molar-refractivity contribution in [2.75, 3.05) is 0 Å². The highest BCUT2D eigenvalue weighted by molar-refractivity contribution is 5.99. The van der Waals surface area contributed by atoms with E-state index in [1.165, 1.54) is 128 Å². The van der Waals surface area contributed by atoms with Gasteiger partial charge in [-0.05, 0) is 159 Å². The first-order chi connectivity index (χ1) is 39.6. The van der Waals surface area contributed by atoms with Gasteiger partial charge in [0.25, 0.3) is 0 Å². The molecule has 4 aliphatic rings. The minimum atomic E-state index is 0.0766. The molecule has 82 heavy (non-hydrogen) atoms. The maximum atomic E-state index is 3.96. The molecule has 9 aromatic rings. The van der Waals surface area contributed by atoms with Gasteiger partial charge in [-0.15, -0.1) is 0 Å².